The summed E-state index contributed by atoms with van der Waals surface area (Å²) >= 11 is 0. The number of rotatable bonds is 6. The van der Waals surface area contributed by atoms with Crippen LogP contribution in [0.3, 0.4) is 0 Å². The number of aryl methyl sites for hydroxylation is 2. The molecule has 6 heteroatoms. The molecule has 25 heavy (non-hydrogen) atoms. The van der Waals surface area contributed by atoms with Crippen LogP contribution in [0.2, 0.25) is 0 Å². The van der Waals surface area contributed by atoms with Gasteiger partial charge in [-0.3, -0.25) is 9.48 Å². The second-order valence-electron chi connectivity index (χ2n) is 7.29. The number of nitrogens with zero attached hydrogens (tertiary/aromatic N) is 3. The van der Waals surface area contributed by atoms with Gasteiger partial charge >= 0.3 is 0 Å². The molecule has 2 aromatic rings. The minimum absolute atomic E-state index is 0.0395. The highest BCUT2D eigenvalue weighted by molar-refractivity contribution is 5.95. The predicted molar refractivity (Wildman–Crippen MR) is 92.3 cm³/mol. The van der Waals surface area contributed by atoms with Crippen LogP contribution < -0.4 is 0 Å². The fourth-order valence-corrected chi connectivity index (χ4v) is 3.64. The fourth-order valence-electron chi connectivity index (χ4n) is 3.64. The van der Waals surface area contributed by atoms with Gasteiger partial charge in [0.2, 0.25) is 0 Å². The monoisotopic (exact) mass is 343 g/mol. The molecule has 134 valence electrons. The van der Waals surface area contributed by atoms with Crippen molar-refractivity contribution in [2.45, 2.75) is 44.8 Å². The summed E-state index contributed by atoms with van der Waals surface area (Å²) in [6.45, 7) is 3.38. The molecule has 2 aliphatic rings. The van der Waals surface area contributed by atoms with Gasteiger partial charge in [-0.15, -0.1) is 0 Å². The summed E-state index contributed by atoms with van der Waals surface area (Å²) in [6, 6.07) is 1.81. The number of hydrogen-bond acceptors (Lipinski definition) is 4. The molecule has 1 aliphatic carbocycles. The van der Waals surface area contributed by atoms with E-state index in [4.69, 9.17) is 9.15 Å². The van der Waals surface area contributed by atoms with Crippen LogP contribution >= 0.6 is 0 Å². The normalized spacial score (nSPS) is 23.4. The molecule has 0 unspecified atom stereocenters. The molecule has 1 saturated heterocycles. The summed E-state index contributed by atoms with van der Waals surface area (Å²) in [7, 11) is 1.91. The lowest BCUT2D eigenvalue weighted by molar-refractivity contribution is 0.0199. The SMILES string of the molecule is Cc1occc1C(=O)N1CC[C@@H](OCC2CC2)[C@@H]1Cc1cnn(C)c1. The Hall–Kier alpha value is -2.08. The molecule has 4 rings (SSSR count). The third kappa shape index (κ3) is 3.49. The van der Waals surface area contributed by atoms with Gasteiger partial charge in [0, 0.05) is 26.4 Å². The minimum atomic E-state index is 0.0395. The van der Waals surface area contributed by atoms with E-state index in [9.17, 15) is 4.79 Å². The molecule has 2 atom stereocenters. The quantitative estimate of drug-likeness (QED) is 0.809. The summed E-state index contributed by atoms with van der Waals surface area (Å²) < 4.78 is 13.3. The molecule has 0 N–H and O–H groups in total. The van der Waals surface area contributed by atoms with Gasteiger partial charge < -0.3 is 14.1 Å². The minimum Gasteiger partial charge on any atom is -0.469 e. The summed E-state index contributed by atoms with van der Waals surface area (Å²) in [5.41, 5.74) is 1.79. The number of carbonyl (C=O) groups excluding carboxylic acids is 1. The smallest absolute Gasteiger partial charge is 0.257 e. The number of carbonyl (C=O) groups is 1. The molecule has 6 nitrogen and oxygen atoms in total. The molecule has 3 heterocycles. The highest BCUT2D eigenvalue weighted by Crippen LogP contribution is 2.32. The van der Waals surface area contributed by atoms with Crippen molar-refractivity contribution in [1.82, 2.24) is 14.7 Å². The van der Waals surface area contributed by atoms with Gasteiger partial charge in [0.1, 0.15) is 5.76 Å². The predicted octanol–water partition coefficient (Wildman–Crippen LogP) is 2.57. The van der Waals surface area contributed by atoms with Crippen molar-refractivity contribution in [2.75, 3.05) is 13.2 Å². The zero-order valence-electron chi connectivity index (χ0n) is 14.9. The highest BCUT2D eigenvalue weighted by atomic mass is 16.5. The first kappa shape index (κ1) is 16.4. The average Bonchev–Trinajstić information content (AvgIpc) is 2.97. The van der Waals surface area contributed by atoms with Crippen LogP contribution in [0.1, 0.15) is 40.9 Å². The van der Waals surface area contributed by atoms with Crippen molar-refractivity contribution < 1.29 is 13.9 Å². The Kier molecular flexibility index (Phi) is 4.37. The van der Waals surface area contributed by atoms with Crippen molar-refractivity contribution in [3.63, 3.8) is 0 Å². The van der Waals surface area contributed by atoms with Gasteiger partial charge in [-0.05, 0) is 50.2 Å². The van der Waals surface area contributed by atoms with Crippen LogP contribution in [0.4, 0.5) is 0 Å². The van der Waals surface area contributed by atoms with E-state index in [1.807, 2.05) is 31.3 Å². The Morgan fingerprint density at radius 3 is 2.88 bits per heavy atom. The lowest BCUT2D eigenvalue weighted by Crippen LogP contribution is -2.42. The first-order valence-electron chi connectivity index (χ1n) is 9.06. The zero-order valence-corrected chi connectivity index (χ0v) is 14.9. The van der Waals surface area contributed by atoms with Gasteiger partial charge in [0.25, 0.3) is 5.91 Å². The van der Waals surface area contributed by atoms with Gasteiger partial charge in [0.15, 0.2) is 0 Å². The topological polar surface area (TPSA) is 60.5 Å². The van der Waals surface area contributed by atoms with Gasteiger partial charge in [-0.2, -0.15) is 5.10 Å². The fraction of sp³-hybridized carbons (Fsp3) is 0.579. The third-order valence-electron chi connectivity index (χ3n) is 5.28. The first-order chi connectivity index (χ1) is 12.1. The number of amides is 1. The molecular formula is C19H25N3O3. The molecular weight excluding hydrogens is 318 g/mol. The van der Waals surface area contributed by atoms with Crippen molar-refractivity contribution in [3.05, 3.63) is 41.6 Å². The number of ether oxygens (including phenoxy) is 1. The maximum absolute atomic E-state index is 13.0. The molecule has 1 aliphatic heterocycles. The molecule has 0 bridgehead atoms. The van der Waals surface area contributed by atoms with Crippen molar-refractivity contribution in [1.29, 1.82) is 0 Å². The molecule has 2 aromatic heterocycles. The van der Waals surface area contributed by atoms with E-state index < -0.39 is 0 Å². The Morgan fingerprint density at radius 2 is 2.24 bits per heavy atom. The van der Waals surface area contributed by atoms with Crippen LogP contribution in [0, 0.1) is 12.8 Å². The number of furan rings is 1. The Morgan fingerprint density at radius 1 is 1.40 bits per heavy atom. The van der Waals surface area contributed by atoms with Crippen molar-refractivity contribution >= 4 is 5.91 Å². The third-order valence-corrected chi connectivity index (χ3v) is 5.28. The second kappa shape index (κ2) is 6.67. The van der Waals surface area contributed by atoms with Crippen LogP contribution in [0.25, 0.3) is 0 Å². The molecule has 0 radical (unpaired) electrons. The highest BCUT2D eigenvalue weighted by Gasteiger charge is 2.39. The molecule has 0 spiro atoms. The van der Waals surface area contributed by atoms with Crippen LogP contribution in [-0.2, 0) is 18.2 Å². The van der Waals surface area contributed by atoms with E-state index >= 15 is 0 Å². The molecule has 1 saturated carbocycles. The summed E-state index contributed by atoms with van der Waals surface area (Å²) in [6.07, 6.45) is 9.77. The van der Waals surface area contributed by atoms with Crippen LogP contribution in [0.5, 0.6) is 0 Å². The van der Waals surface area contributed by atoms with E-state index in [2.05, 4.69) is 5.10 Å². The Balaban J connectivity index is 1.53. The zero-order chi connectivity index (χ0) is 17.4. The van der Waals surface area contributed by atoms with Crippen molar-refractivity contribution in [3.8, 4) is 0 Å². The summed E-state index contributed by atoms with van der Waals surface area (Å²) in [5, 5.41) is 4.26. The molecule has 0 aromatic carbocycles. The average molecular weight is 343 g/mol. The Bertz CT molecular complexity index is 747. The van der Waals surface area contributed by atoms with E-state index in [0.29, 0.717) is 11.3 Å². The lowest BCUT2D eigenvalue weighted by Gasteiger charge is -2.28. The van der Waals surface area contributed by atoms with Crippen LogP contribution in [0.15, 0.2) is 29.1 Å². The van der Waals surface area contributed by atoms with Gasteiger partial charge in [-0.1, -0.05) is 0 Å². The molecule has 2 fully saturated rings. The standard InChI is InChI=1S/C19H25N3O3/c1-13-16(6-8-24-13)19(23)22-7-5-18(25-12-14-3-4-14)17(22)9-15-10-20-21(2)11-15/h6,8,10-11,14,17-18H,3-5,7,9,12H2,1-2H3/t17-,18+/m0/s1. The van der Waals surface area contributed by atoms with Gasteiger partial charge in [0.05, 0.1) is 30.2 Å². The largest absolute Gasteiger partial charge is 0.469 e. The number of hydrogen-bond donors (Lipinski definition) is 0. The van der Waals surface area contributed by atoms with E-state index in [-0.39, 0.29) is 18.1 Å². The second-order valence-corrected chi connectivity index (χ2v) is 7.29. The van der Waals surface area contributed by atoms with E-state index in [1.165, 1.54) is 12.8 Å². The van der Waals surface area contributed by atoms with E-state index in [0.717, 1.165) is 37.5 Å². The maximum atomic E-state index is 13.0. The Labute approximate surface area is 147 Å². The lowest BCUT2D eigenvalue weighted by atomic mass is 10.0. The van der Waals surface area contributed by atoms with Crippen molar-refractivity contribution in [2.24, 2.45) is 13.0 Å². The first-order valence-corrected chi connectivity index (χ1v) is 9.06. The van der Waals surface area contributed by atoms with Crippen LogP contribution in [-0.4, -0.2) is 45.9 Å². The number of aromatic nitrogens is 2. The summed E-state index contributed by atoms with van der Waals surface area (Å²) in [4.78, 5) is 15.0. The van der Waals surface area contributed by atoms with Gasteiger partial charge in [-0.25, -0.2) is 0 Å². The summed E-state index contributed by atoms with van der Waals surface area (Å²) in [5.74, 6) is 1.44. The number of likely N-dealkylation sites (tertiary alicyclic amines) is 1. The van der Waals surface area contributed by atoms with E-state index in [1.54, 1.807) is 17.0 Å². The molecule has 1 amide bonds. The maximum Gasteiger partial charge on any atom is 0.257 e.